The first kappa shape index (κ1) is 13.7. The van der Waals surface area contributed by atoms with Crippen molar-refractivity contribution >= 4 is 11.9 Å². The number of rotatable bonds is 6. The van der Waals surface area contributed by atoms with Gasteiger partial charge < -0.3 is 10.4 Å². The van der Waals surface area contributed by atoms with Crippen molar-refractivity contribution < 1.29 is 14.7 Å². The Morgan fingerprint density at radius 2 is 2.11 bits per heavy atom. The van der Waals surface area contributed by atoms with E-state index in [1.165, 1.54) is 24.5 Å². The lowest BCUT2D eigenvalue weighted by atomic mass is 10.1. The van der Waals surface area contributed by atoms with Gasteiger partial charge in [-0.15, -0.1) is 12.3 Å². The van der Waals surface area contributed by atoms with Crippen LogP contribution in [0.4, 0.5) is 0 Å². The molecule has 1 heterocycles. The van der Waals surface area contributed by atoms with Gasteiger partial charge in [0.25, 0.3) is 5.91 Å². The van der Waals surface area contributed by atoms with Gasteiger partial charge in [0.05, 0.1) is 0 Å². The van der Waals surface area contributed by atoms with Crippen LogP contribution in [0.2, 0.25) is 0 Å². The van der Waals surface area contributed by atoms with E-state index in [9.17, 15) is 9.59 Å². The highest BCUT2D eigenvalue weighted by atomic mass is 16.4. The highest BCUT2D eigenvalue weighted by molar-refractivity contribution is 5.96. The fraction of sp³-hybridized carbons (Fsp3) is 0.308. The molecule has 0 bridgehead atoms. The number of pyridine rings is 1. The van der Waals surface area contributed by atoms with Crippen molar-refractivity contribution in [3.05, 3.63) is 30.1 Å². The van der Waals surface area contributed by atoms with Gasteiger partial charge >= 0.3 is 5.97 Å². The number of carboxylic acids is 1. The minimum absolute atomic E-state index is 0.316. The van der Waals surface area contributed by atoms with E-state index in [1.807, 2.05) is 0 Å². The highest BCUT2D eigenvalue weighted by Crippen LogP contribution is 2.03. The van der Waals surface area contributed by atoms with Crippen molar-refractivity contribution in [2.75, 3.05) is 0 Å². The summed E-state index contributed by atoms with van der Waals surface area (Å²) in [5, 5.41) is 11.4. The molecule has 0 aromatic carbocycles. The zero-order chi connectivity index (χ0) is 13.4. The SMILES string of the molecule is C#CCCC[C@@H](NC(=O)c1ccncc1)C(=O)O. The normalized spacial score (nSPS) is 11.3. The Bertz CT molecular complexity index is 451. The number of hydrogen-bond donors (Lipinski definition) is 2. The predicted molar refractivity (Wildman–Crippen MR) is 65.8 cm³/mol. The van der Waals surface area contributed by atoms with Gasteiger partial charge in [-0.25, -0.2) is 4.79 Å². The predicted octanol–water partition coefficient (Wildman–Crippen LogP) is 1.07. The Kier molecular flexibility index (Phi) is 5.39. The third-order valence-electron chi connectivity index (χ3n) is 2.36. The van der Waals surface area contributed by atoms with E-state index < -0.39 is 17.9 Å². The number of carboxylic acid groups (broad SMARTS) is 1. The number of hydrogen-bond acceptors (Lipinski definition) is 3. The molecule has 0 radical (unpaired) electrons. The maximum Gasteiger partial charge on any atom is 0.326 e. The van der Waals surface area contributed by atoms with Crippen LogP contribution in [0.1, 0.15) is 29.6 Å². The van der Waals surface area contributed by atoms with Crippen molar-refractivity contribution in [1.82, 2.24) is 10.3 Å². The summed E-state index contributed by atoms with van der Waals surface area (Å²) in [4.78, 5) is 26.5. The number of carbonyl (C=O) groups is 2. The van der Waals surface area contributed by atoms with Crippen molar-refractivity contribution in [1.29, 1.82) is 0 Å². The Labute approximate surface area is 105 Å². The molecule has 0 unspecified atom stereocenters. The van der Waals surface area contributed by atoms with Gasteiger partial charge in [0, 0.05) is 24.4 Å². The first-order valence-corrected chi connectivity index (χ1v) is 5.52. The second kappa shape index (κ2) is 7.07. The summed E-state index contributed by atoms with van der Waals surface area (Å²) in [6, 6.07) is 2.13. The molecular formula is C13H14N2O3. The summed E-state index contributed by atoms with van der Waals surface area (Å²) in [6.07, 6.45) is 9.41. The molecule has 1 amide bonds. The quantitative estimate of drug-likeness (QED) is 0.581. The third-order valence-corrected chi connectivity index (χ3v) is 2.36. The van der Waals surface area contributed by atoms with Crippen LogP contribution in [-0.4, -0.2) is 28.0 Å². The molecule has 1 atom stereocenters. The fourth-order valence-corrected chi connectivity index (χ4v) is 1.41. The summed E-state index contributed by atoms with van der Waals surface area (Å²) in [5.74, 6) is 0.947. The van der Waals surface area contributed by atoms with Crippen molar-refractivity contribution in [2.24, 2.45) is 0 Å². The van der Waals surface area contributed by atoms with E-state index in [4.69, 9.17) is 11.5 Å². The van der Waals surface area contributed by atoms with Crippen molar-refractivity contribution in [3.8, 4) is 12.3 Å². The summed E-state index contributed by atoms with van der Waals surface area (Å²) >= 11 is 0. The lowest BCUT2D eigenvalue weighted by Crippen LogP contribution is -2.40. The molecule has 1 aromatic rings. The van der Waals surface area contributed by atoms with Gasteiger partial charge in [-0.3, -0.25) is 9.78 Å². The second-order valence-corrected chi connectivity index (χ2v) is 3.70. The Morgan fingerprint density at radius 3 is 2.67 bits per heavy atom. The van der Waals surface area contributed by atoms with Crippen LogP contribution in [-0.2, 0) is 4.79 Å². The Morgan fingerprint density at radius 1 is 1.44 bits per heavy atom. The molecule has 5 heteroatoms. The number of amides is 1. The van der Waals surface area contributed by atoms with Crippen LogP contribution in [0.15, 0.2) is 24.5 Å². The number of nitrogens with one attached hydrogen (secondary N) is 1. The molecule has 94 valence electrons. The van der Waals surface area contributed by atoms with Crippen LogP contribution >= 0.6 is 0 Å². The fourth-order valence-electron chi connectivity index (χ4n) is 1.41. The molecule has 0 aliphatic heterocycles. The largest absolute Gasteiger partial charge is 0.480 e. The summed E-state index contributed by atoms with van der Waals surface area (Å²) < 4.78 is 0. The number of unbranched alkanes of at least 4 members (excludes halogenated alkanes) is 1. The van der Waals surface area contributed by atoms with Crippen LogP contribution in [0, 0.1) is 12.3 Å². The average Bonchev–Trinajstić information content (AvgIpc) is 2.38. The van der Waals surface area contributed by atoms with Crippen molar-refractivity contribution in [3.63, 3.8) is 0 Å². The van der Waals surface area contributed by atoms with Gasteiger partial charge in [0.2, 0.25) is 0 Å². The first-order chi connectivity index (χ1) is 8.65. The van der Waals surface area contributed by atoms with E-state index in [2.05, 4.69) is 16.2 Å². The molecule has 0 aliphatic rings. The molecule has 0 fully saturated rings. The second-order valence-electron chi connectivity index (χ2n) is 3.70. The van der Waals surface area contributed by atoms with Crippen molar-refractivity contribution in [2.45, 2.75) is 25.3 Å². The summed E-state index contributed by atoms with van der Waals surface area (Å²) in [7, 11) is 0. The molecule has 1 aromatic heterocycles. The minimum atomic E-state index is -1.06. The van der Waals surface area contributed by atoms with Crippen LogP contribution in [0.5, 0.6) is 0 Å². The number of nitrogens with zero attached hydrogens (tertiary/aromatic N) is 1. The number of terminal acetylenes is 1. The molecule has 1 rings (SSSR count). The van der Waals surface area contributed by atoms with E-state index in [-0.39, 0.29) is 0 Å². The number of carbonyl (C=O) groups excluding carboxylic acids is 1. The maximum atomic E-state index is 11.7. The van der Waals surface area contributed by atoms with E-state index in [1.54, 1.807) is 0 Å². The molecule has 0 saturated heterocycles. The molecule has 0 spiro atoms. The summed E-state index contributed by atoms with van der Waals surface area (Å²) in [5.41, 5.74) is 0.383. The lowest BCUT2D eigenvalue weighted by molar-refractivity contribution is -0.139. The van der Waals surface area contributed by atoms with Crippen LogP contribution in [0.25, 0.3) is 0 Å². The Balaban J connectivity index is 2.59. The summed E-state index contributed by atoms with van der Waals surface area (Å²) in [6.45, 7) is 0. The van der Waals surface area contributed by atoms with E-state index in [0.29, 0.717) is 24.8 Å². The molecule has 0 saturated carbocycles. The van der Waals surface area contributed by atoms with Crippen LogP contribution in [0.3, 0.4) is 0 Å². The van der Waals surface area contributed by atoms with Gasteiger partial charge in [-0.2, -0.15) is 0 Å². The molecule has 5 nitrogen and oxygen atoms in total. The van der Waals surface area contributed by atoms with Gasteiger partial charge in [-0.1, -0.05) is 0 Å². The monoisotopic (exact) mass is 246 g/mol. The topological polar surface area (TPSA) is 79.3 Å². The van der Waals surface area contributed by atoms with Gasteiger partial charge in [0.15, 0.2) is 0 Å². The zero-order valence-corrected chi connectivity index (χ0v) is 9.80. The minimum Gasteiger partial charge on any atom is -0.480 e. The average molecular weight is 246 g/mol. The first-order valence-electron chi connectivity index (χ1n) is 5.52. The molecule has 18 heavy (non-hydrogen) atoms. The maximum absolute atomic E-state index is 11.7. The van der Waals surface area contributed by atoms with Gasteiger partial charge in [0.1, 0.15) is 6.04 Å². The standard InChI is InChI=1S/C13H14N2O3/c1-2-3-4-5-11(13(17)18)15-12(16)10-6-8-14-9-7-10/h1,6-9,11H,3-5H2,(H,15,16)(H,17,18)/t11-/m1/s1. The molecule has 2 N–H and O–H groups in total. The number of aromatic nitrogens is 1. The smallest absolute Gasteiger partial charge is 0.326 e. The van der Waals surface area contributed by atoms with Crippen LogP contribution < -0.4 is 5.32 Å². The van der Waals surface area contributed by atoms with Gasteiger partial charge in [-0.05, 0) is 25.0 Å². The highest BCUT2D eigenvalue weighted by Gasteiger charge is 2.19. The number of aliphatic carboxylic acids is 1. The molecule has 0 aliphatic carbocycles. The molecular weight excluding hydrogens is 232 g/mol. The third kappa shape index (κ3) is 4.26. The van der Waals surface area contributed by atoms with E-state index in [0.717, 1.165) is 0 Å². The lowest BCUT2D eigenvalue weighted by Gasteiger charge is -2.13. The van der Waals surface area contributed by atoms with E-state index >= 15 is 0 Å². The Hall–Kier alpha value is -2.35. The zero-order valence-electron chi connectivity index (χ0n) is 9.80.